The Morgan fingerprint density at radius 3 is 2.45 bits per heavy atom. The van der Waals surface area contributed by atoms with Gasteiger partial charge in [-0.2, -0.15) is 0 Å². The van der Waals surface area contributed by atoms with Gasteiger partial charge in [-0.15, -0.1) is 0 Å². The van der Waals surface area contributed by atoms with Crippen molar-refractivity contribution in [2.75, 3.05) is 6.54 Å². The van der Waals surface area contributed by atoms with E-state index in [4.69, 9.17) is 15.3 Å². The lowest BCUT2D eigenvalue weighted by molar-refractivity contribution is 0.0904. The van der Waals surface area contributed by atoms with E-state index in [2.05, 4.69) is 5.32 Å². The van der Waals surface area contributed by atoms with Crippen molar-refractivity contribution in [3.63, 3.8) is 0 Å². The highest BCUT2D eigenvalue weighted by Crippen LogP contribution is 2.18. The Morgan fingerprint density at radius 2 is 2.05 bits per heavy atom. The number of aryl methyl sites for hydroxylation is 1. The van der Waals surface area contributed by atoms with Crippen molar-refractivity contribution in [3.8, 4) is 0 Å². The molecule has 7 nitrogen and oxygen atoms in total. The normalized spacial score (nSPS) is 13.5. The molecule has 1 aromatic heterocycles. The molecule has 0 aliphatic rings. The number of nitrogens with one attached hydrogen (secondary N) is 1. The van der Waals surface area contributed by atoms with Gasteiger partial charge < -0.3 is 15.5 Å². The van der Waals surface area contributed by atoms with E-state index in [0.29, 0.717) is 12.5 Å². The SMILES string of the molecule is Cc1oc(C(=O)NC(CN)CC(C)C)cc1S(N)(=O)=O. The number of sulfonamides is 1. The summed E-state index contributed by atoms with van der Waals surface area (Å²) < 4.78 is 27.7. The Morgan fingerprint density at radius 1 is 1.45 bits per heavy atom. The van der Waals surface area contributed by atoms with Crippen LogP contribution in [-0.4, -0.2) is 26.9 Å². The summed E-state index contributed by atoms with van der Waals surface area (Å²) in [4.78, 5) is 11.8. The minimum atomic E-state index is -3.90. The second-order valence-electron chi connectivity index (χ2n) is 5.11. The van der Waals surface area contributed by atoms with Gasteiger partial charge in [0.15, 0.2) is 5.76 Å². The molecule has 5 N–H and O–H groups in total. The third kappa shape index (κ3) is 4.32. The maximum atomic E-state index is 12.0. The molecule has 0 radical (unpaired) electrons. The summed E-state index contributed by atoms with van der Waals surface area (Å²) in [5.74, 6) is -0.124. The molecule has 1 unspecified atom stereocenters. The average molecular weight is 303 g/mol. The molecule has 0 aromatic carbocycles. The van der Waals surface area contributed by atoms with E-state index in [9.17, 15) is 13.2 Å². The smallest absolute Gasteiger partial charge is 0.287 e. The van der Waals surface area contributed by atoms with Crippen LogP contribution in [-0.2, 0) is 10.0 Å². The first-order chi connectivity index (χ1) is 9.15. The van der Waals surface area contributed by atoms with Gasteiger partial charge in [-0.05, 0) is 19.3 Å². The molecule has 0 spiro atoms. The van der Waals surface area contributed by atoms with Crippen LogP contribution in [0, 0.1) is 12.8 Å². The molecular weight excluding hydrogens is 282 g/mol. The molecule has 114 valence electrons. The van der Waals surface area contributed by atoms with Crippen LogP contribution < -0.4 is 16.2 Å². The molecular formula is C12H21N3O4S. The van der Waals surface area contributed by atoms with E-state index < -0.39 is 15.9 Å². The Balaban J connectivity index is 2.88. The van der Waals surface area contributed by atoms with Crippen molar-refractivity contribution in [2.24, 2.45) is 16.8 Å². The van der Waals surface area contributed by atoms with E-state index in [1.54, 1.807) is 0 Å². The second-order valence-corrected chi connectivity index (χ2v) is 6.64. The van der Waals surface area contributed by atoms with Crippen LogP contribution in [0.1, 0.15) is 36.6 Å². The van der Waals surface area contributed by atoms with E-state index in [1.165, 1.54) is 6.92 Å². The summed E-state index contributed by atoms with van der Waals surface area (Å²) in [6, 6.07) is 0.939. The molecule has 0 saturated carbocycles. The van der Waals surface area contributed by atoms with Gasteiger partial charge in [0.05, 0.1) is 0 Å². The van der Waals surface area contributed by atoms with Gasteiger partial charge in [-0.1, -0.05) is 13.8 Å². The Labute approximate surface area is 118 Å². The van der Waals surface area contributed by atoms with E-state index in [1.807, 2.05) is 13.8 Å². The molecule has 20 heavy (non-hydrogen) atoms. The molecule has 0 aliphatic carbocycles. The Kier molecular flexibility index (Phi) is 5.32. The lowest BCUT2D eigenvalue weighted by atomic mass is 10.0. The summed E-state index contributed by atoms with van der Waals surface area (Å²) >= 11 is 0. The third-order valence-corrected chi connectivity index (χ3v) is 3.80. The molecule has 0 saturated heterocycles. The summed E-state index contributed by atoms with van der Waals surface area (Å²) in [5.41, 5.74) is 5.59. The van der Waals surface area contributed by atoms with Gasteiger partial charge in [0.1, 0.15) is 10.7 Å². The molecule has 0 bridgehead atoms. The monoisotopic (exact) mass is 303 g/mol. The van der Waals surface area contributed by atoms with Crippen molar-refractivity contribution in [2.45, 2.75) is 38.1 Å². The molecule has 1 aromatic rings. The highest BCUT2D eigenvalue weighted by molar-refractivity contribution is 7.89. The number of carbonyl (C=O) groups is 1. The van der Waals surface area contributed by atoms with E-state index in [0.717, 1.165) is 12.5 Å². The lowest BCUT2D eigenvalue weighted by Crippen LogP contribution is -2.40. The summed E-state index contributed by atoms with van der Waals surface area (Å²) in [7, 11) is -3.90. The number of hydrogen-bond acceptors (Lipinski definition) is 5. The van der Waals surface area contributed by atoms with Crippen molar-refractivity contribution in [1.29, 1.82) is 0 Å². The van der Waals surface area contributed by atoms with Crippen molar-refractivity contribution >= 4 is 15.9 Å². The van der Waals surface area contributed by atoms with Gasteiger partial charge in [-0.3, -0.25) is 4.79 Å². The number of furan rings is 1. The molecule has 1 amide bonds. The predicted molar refractivity (Wildman–Crippen MR) is 74.6 cm³/mol. The largest absolute Gasteiger partial charge is 0.455 e. The van der Waals surface area contributed by atoms with Crippen LogP contribution in [0.5, 0.6) is 0 Å². The highest BCUT2D eigenvalue weighted by atomic mass is 32.2. The van der Waals surface area contributed by atoms with Crippen LogP contribution in [0.2, 0.25) is 0 Å². The molecule has 0 aliphatic heterocycles. The van der Waals surface area contributed by atoms with Gasteiger partial charge >= 0.3 is 0 Å². The predicted octanol–water partition coefficient (Wildman–Crippen LogP) is 0.339. The maximum Gasteiger partial charge on any atom is 0.287 e. The molecule has 1 atom stereocenters. The minimum absolute atomic E-state index is 0.0887. The number of carbonyl (C=O) groups excluding carboxylic acids is 1. The number of amides is 1. The summed E-state index contributed by atoms with van der Waals surface area (Å²) in [6.07, 6.45) is 0.726. The topological polar surface area (TPSA) is 128 Å². The van der Waals surface area contributed by atoms with Crippen LogP contribution in [0.15, 0.2) is 15.4 Å². The van der Waals surface area contributed by atoms with Crippen LogP contribution >= 0.6 is 0 Å². The summed E-state index contributed by atoms with van der Waals surface area (Å²) in [6.45, 7) is 5.77. The molecule has 0 fully saturated rings. The van der Waals surface area contributed by atoms with Crippen molar-refractivity contribution in [3.05, 3.63) is 17.6 Å². The van der Waals surface area contributed by atoms with Crippen LogP contribution in [0.25, 0.3) is 0 Å². The van der Waals surface area contributed by atoms with Crippen LogP contribution in [0.4, 0.5) is 0 Å². The first-order valence-electron chi connectivity index (χ1n) is 6.29. The highest BCUT2D eigenvalue weighted by Gasteiger charge is 2.22. The van der Waals surface area contributed by atoms with Crippen LogP contribution in [0.3, 0.4) is 0 Å². The number of rotatable bonds is 6. The minimum Gasteiger partial charge on any atom is -0.455 e. The fourth-order valence-corrected chi connectivity index (χ4v) is 2.61. The molecule has 1 rings (SSSR count). The average Bonchev–Trinajstić information content (AvgIpc) is 2.69. The number of primary sulfonamides is 1. The van der Waals surface area contributed by atoms with E-state index >= 15 is 0 Å². The zero-order valence-corrected chi connectivity index (χ0v) is 12.7. The number of nitrogens with two attached hydrogens (primary N) is 2. The Bertz CT molecular complexity index is 578. The first kappa shape index (κ1) is 16.7. The van der Waals surface area contributed by atoms with Gasteiger partial charge in [0.25, 0.3) is 5.91 Å². The standard InChI is InChI=1S/C12H21N3O4S/c1-7(2)4-9(6-13)15-12(16)10-5-11(8(3)19-10)20(14,17)18/h5,7,9H,4,6,13H2,1-3H3,(H,15,16)(H2,14,17,18). The van der Waals surface area contributed by atoms with Gasteiger partial charge in [-0.25, -0.2) is 13.6 Å². The zero-order valence-electron chi connectivity index (χ0n) is 11.8. The fourth-order valence-electron chi connectivity index (χ4n) is 1.90. The van der Waals surface area contributed by atoms with Gasteiger partial charge in [0, 0.05) is 18.7 Å². The fraction of sp³-hybridized carbons (Fsp3) is 0.583. The van der Waals surface area contributed by atoms with Crippen molar-refractivity contribution in [1.82, 2.24) is 5.32 Å². The van der Waals surface area contributed by atoms with Crippen molar-refractivity contribution < 1.29 is 17.6 Å². The Hall–Kier alpha value is -1.38. The van der Waals surface area contributed by atoms with Gasteiger partial charge in [0.2, 0.25) is 10.0 Å². The molecule has 8 heteroatoms. The second kappa shape index (κ2) is 6.38. The van der Waals surface area contributed by atoms with E-state index in [-0.39, 0.29) is 22.5 Å². The lowest BCUT2D eigenvalue weighted by Gasteiger charge is -2.17. The quantitative estimate of drug-likeness (QED) is 0.698. The number of hydrogen-bond donors (Lipinski definition) is 3. The summed E-state index contributed by atoms with van der Waals surface area (Å²) in [5, 5.41) is 7.74. The maximum absolute atomic E-state index is 12.0. The molecule has 1 heterocycles. The zero-order chi connectivity index (χ0) is 15.5. The third-order valence-electron chi connectivity index (χ3n) is 2.78. The first-order valence-corrected chi connectivity index (χ1v) is 7.84.